The summed E-state index contributed by atoms with van der Waals surface area (Å²) in [5.74, 6) is -0.0750. The maximum Gasteiger partial charge on any atom is 0.228 e. The molecule has 1 aromatic carbocycles. The molecule has 0 aliphatic carbocycles. The van der Waals surface area contributed by atoms with E-state index in [-0.39, 0.29) is 12.3 Å². The molecular formula is C13H13BrFNO3. The molecule has 2 aliphatic rings. The Kier molecular flexibility index (Phi) is 3.22. The molecule has 2 aliphatic heterocycles. The number of carbonyl (C=O) groups excluding carboxylic acids is 1. The lowest BCUT2D eigenvalue weighted by atomic mass is 9.90. The molecule has 3 rings (SSSR count). The van der Waals surface area contributed by atoms with Gasteiger partial charge < -0.3 is 14.8 Å². The molecule has 2 heterocycles. The van der Waals surface area contributed by atoms with Crippen molar-refractivity contribution >= 4 is 27.5 Å². The van der Waals surface area contributed by atoms with Gasteiger partial charge in [0.15, 0.2) is 0 Å². The Hall–Kier alpha value is -1.14. The van der Waals surface area contributed by atoms with Crippen LogP contribution < -0.4 is 10.1 Å². The standard InChI is InChI=1S/C13H13BrFNO3/c14-8-5-11-10(6-9(8)15)16-12(17)7-13(19-11)1-3-18-4-2-13/h5-6H,1-4,7H2,(H,16,17). The van der Waals surface area contributed by atoms with Crippen LogP contribution in [0.4, 0.5) is 10.1 Å². The predicted molar refractivity (Wildman–Crippen MR) is 70.8 cm³/mol. The Balaban J connectivity index is 2.01. The van der Waals surface area contributed by atoms with Gasteiger partial charge >= 0.3 is 0 Å². The first-order chi connectivity index (χ1) is 9.08. The van der Waals surface area contributed by atoms with Crippen molar-refractivity contribution in [3.8, 4) is 5.75 Å². The third-order valence-corrected chi connectivity index (χ3v) is 4.12. The van der Waals surface area contributed by atoms with Crippen molar-refractivity contribution in [2.75, 3.05) is 18.5 Å². The van der Waals surface area contributed by atoms with Crippen LogP contribution in [0.15, 0.2) is 16.6 Å². The Bertz CT molecular complexity index is 529. The summed E-state index contributed by atoms with van der Waals surface area (Å²) in [5, 5.41) is 2.70. The van der Waals surface area contributed by atoms with E-state index in [4.69, 9.17) is 9.47 Å². The van der Waals surface area contributed by atoms with E-state index >= 15 is 0 Å². The maximum absolute atomic E-state index is 13.5. The van der Waals surface area contributed by atoms with Gasteiger partial charge in [0, 0.05) is 18.9 Å². The molecular weight excluding hydrogens is 317 g/mol. The second-order valence-corrected chi connectivity index (χ2v) is 5.74. The van der Waals surface area contributed by atoms with Crippen LogP contribution in [0.2, 0.25) is 0 Å². The second kappa shape index (κ2) is 4.76. The van der Waals surface area contributed by atoms with Gasteiger partial charge in [0.05, 0.1) is 29.8 Å². The minimum Gasteiger partial charge on any atom is -0.484 e. The quantitative estimate of drug-likeness (QED) is 0.796. The van der Waals surface area contributed by atoms with E-state index in [2.05, 4.69) is 21.2 Å². The number of fused-ring (bicyclic) bond motifs is 1. The van der Waals surface area contributed by atoms with Gasteiger partial charge in [0.2, 0.25) is 5.91 Å². The summed E-state index contributed by atoms with van der Waals surface area (Å²) >= 11 is 3.13. The monoisotopic (exact) mass is 329 g/mol. The molecule has 1 N–H and O–H groups in total. The summed E-state index contributed by atoms with van der Waals surface area (Å²) in [6.07, 6.45) is 1.59. The number of amides is 1. The van der Waals surface area contributed by atoms with E-state index in [1.54, 1.807) is 6.07 Å². The van der Waals surface area contributed by atoms with Crippen LogP contribution in [0.5, 0.6) is 5.75 Å². The van der Waals surface area contributed by atoms with Gasteiger partial charge in [-0.15, -0.1) is 0 Å². The molecule has 6 heteroatoms. The van der Waals surface area contributed by atoms with Gasteiger partial charge in [-0.05, 0) is 22.0 Å². The van der Waals surface area contributed by atoms with Crippen LogP contribution in [0, 0.1) is 5.82 Å². The van der Waals surface area contributed by atoms with Crippen molar-refractivity contribution in [2.45, 2.75) is 24.9 Å². The number of halogens is 2. The van der Waals surface area contributed by atoms with Crippen molar-refractivity contribution < 1.29 is 18.7 Å². The van der Waals surface area contributed by atoms with E-state index in [1.165, 1.54) is 6.07 Å². The zero-order chi connectivity index (χ0) is 13.5. The zero-order valence-corrected chi connectivity index (χ0v) is 11.8. The van der Waals surface area contributed by atoms with E-state index in [9.17, 15) is 9.18 Å². The topological polar surface area (TPSA) is 47.6 Å². The number of anilines is 1. The van der Waals surface area contributed by atoms with Crippen LogP contribution in [0.25, 0.3) is 0 Å². The van der Waals surface area contributed by atoms with Crippen LogP contribution in [0.3, 0.4) is 0 Å². The molecule has 1 aromatic rings. The molecule has 0 unspecified atom stereocenters. The fourth-order valence-corrected chi connectivity index (χ4v) is 2.81. The van der Waals surface area contributed by atoms with E-state index in [1.807, 2.05) is 0 Å². The molecule has 0 bridgehead atoms. The zero-order valence-electron chi connectivity index (χ0n) is 10.2. The van der Waals surface area contributed by atoms with Gasteiger partial charge in [0.1, 0.15) is 17.2 Å². The molecule has 0 aromatic heterocycles. The average Bonchev–Trinajstić information content (AvgIpc) is 2.47. The van der Waals surface area contributed by atoms with Gasteiger partial charge in [-0.3, -0.25) is 4.79 Å². The summed E-state index contributed by atoms with van der Waals surface area (Å²) in [7, 11) is 0. The molecule has 1 spiro atoms. The number of nitrogens with one attached hydrogen (secondary N) is 1. The fraction of sp³-hybridized carbons (Fsp3) is 0.462. The Labute approximate surface area is 118 Å². The fourth-order valence-electron chi connectivity index (χ4n) is 2.49. The highest BCUT2D eigenvalue weighted by molar-refractivity contribution is 9.10. The minimum atomic E-state index is -0.537. The number of carbonyl (C=O) groups is 1. The number of hydrogen-bond donors (Lipinski definition) is 1. The Morgan fingerprint density at radius 3 is 2.79 bits per heavy atom. The Morgan fingerprint density at radius 2 is 2.05 bits per heavy atom. The molecule has 0 radical (unpaired) electrons. The normalized spacial score (nSPS) is 21.3. The van der Waals surface area contributed by atoms with E-state index < -0.39 is 11.4 Å². The maximum atomic E-state index is 13.5. The van der Waals surface area contributed by atoms with Crippen molar-refractivity contribution in [1.29, 1.82) is 0 Å². The van der Waals surface area contributed by atoms with Gasteiger partial charge in [-0.2, -0.15) is 0 Å². The lowest BCUT2D eigenvalue weighted by Gasteiger charge is -2.35. The molecule has 0 atom stereocenters. The van der Waals surface area contributed by atoms with Crippen LogP contribution in [-0.4, -0.2) is 24.7 Å². The molecule has 1 fully saturated rings. The SMILES string of the molecule is O=C1CC2(CCOCC2)Oc2cc(Br)c(F)cc2N1. The lowest BCUT2D eigenvalue weighted by molar-refractivity contribution is -0.122. The van der Waals surface area contributed by atoms with Crippen molar-refractivity contribution in [1.82, 2.24) is 0 Å². The van der Waals surface area contributed by atoms with Crippen molar-refractivity contribution in [3.05, 3.63) is 22.4 Å². The Morgan fingerprint density at radius 1 is 1.32 bits per heavy atom. The largest absolute Gasteiger partial charge is 0.484 e. The minimum absolute atomic E-state index is 0.151. The van der Waals surface area contributed by atoms with Crippen LogP contribution >= 0.6 is 15.9 Å². The highest BCUT2D eigenvalue weighted by Gasteiger charge is 2.40. The summed E-state index contributed by atoms with van der Waals surface area (Å²) in [5.41, 5.74) is -0.153. The average molecular weight is 330 g/mol. The molecule has 102 valence electrons. The van der Waals surface area contributed by atoms with Crippen LogP contribution in [0.1, 0.15) is 19.3 Å². The predicted octanol–water partition coefficient (Wildman–Crippen LogP) is 2.86. The van der Waals surface area contributed by atoms with E-state index in [0.29, 0.717) is 42.0 Å². The van der Waals surface area contributed by atoms with Gasteiger partial charge in [0.25, 0.3) is 0 Å². The lowest BCUT2D eigenvalue weighted by Crippen LogP contribution is -2.43. The summed E-state index contributed by atoms with van der Waals surface area (Å²) in [4.78, 5) is 11.9. The molecule has 1 amide bonds. The second-order valence-electron chi connectivity index (χ2n) is 4.88. The van der Waals surface area contributed by atoms with Crippen LogP contribution in [-0.2, 0) is 9.53 Å². The van der Waals surface area contributed by atoms with Crippen molar-refractivity contribution in [3.63, 3.8) is 0 Å². The highest BCUT2D eigenvalue weighted by Crippen LogP contribution is 2.40. The van der Waals surface area contributed by atoms with Gasteiger partial charge in [-0.1, -0.05) is 0 Å². The molecule has 4 nitrogen and oxygen atoms in total. The third kappa shape index (κ3) is 2.47. The van der Waals surface area contributed by atoms with Crippen molar-refractivity contribution in [2.24, 2.45) is 0 Å². The van der Waals surface area contributed by atoms with E-state index in [0.717, 1.165) is 0 Å². The highest BCUT2D eigenvalue weighted by atomic mass is 79.9. The third-order valence-electron chi connectivity index (χ3n) is 3.51. The molecule has 0 saturated carbocycles. The summed E-state index contributed by atoms with van der Waals surface area (Å²) < 4.78 is 25.2. The summed E-state index contributed by atoms with van der Waals surface area (Å²) in [6, 6.07) is 2.84. The summed E-state index contributed by atoms with van der Waals surface area (Å²) in [6.45, 7) is 1.15. The smallest absolute Gasteiger partial charge is 0.228 e. The number of hydrogen-bond acceptors (Lipinski definition) is 3. The first-order valence-electron chi connectivity index (χ1n) is 6.14. The number of benzene rings is 1. The molecule has 1 saturated heterocycles. The molecule has 19 heavy (non-hydrogen) atoms. The first kappa shape index (κ1) is 12.9. The number of rotatable bonds is 0. The van der Waals surface area contributed by atoms with Gasteiger partial charge in [-0.25, -0.2) is 4.39 Å². The number of ether oxygens (including phenoxy) is 2. The first-order valence-corrected chi connectivity index (χ1v) is 6.93.